The van der Waals surface area contributed by atoms with Crippen molar-refractivity contribution in [1.82, 2.24) is 9.88 Å². The van der Waals surface area contributed by atoms with Crippen LogP contribution in [-0.4, -0.2) is 55.2 Å². The van der Waals surface area contributed by atoms with Crippen LogP contribution in [0.25, 0.3) is 0 Å². The number of hydrogen-bond donors (Lipinski definition) is 0. The molecule has 0 N–H and O–H groups in total. The summed E-state index contributed by atoms with van der Waals surface area (Å²) in [5.41, 5.74) is 2.11. The van der Waals surface area contributed by atoms with Crippen LogP contribution in [0.5, 0.6) is 11.5 Å². The highest BCUT2D eigenvalue weighted by Gasteiger charge is 2.25. The molecule has 1 saturated carbocycles. The molecule has 6 nitrogen and oxygen atoms in total. The number of aryl methyl sites for hydroxylation is 2. The normalized spacial score (nSPS) is 17.2. The molecule has 1 aliphatic carbocycles. The molecular weight excluding hydrogens is 386 g/mol. The largest absolute Gasteiger partial charge is 0.493 e. The molecule has 0 atom stereocenters. The molecule has 4 rings (SSSR count). The second-order valence-corrected chi connectivity index (χ2v) is 9.08. The van der Waals surface area contributed by atoms with Crippen LogP contribution < -0.4 is 14.4 Å². The first-order valence-electron chi connectivity index (χ1n) is 10.3. The van der Waals surface area contributed by atoms with Crippen molar-refractivity contribution >= 4 is 22.9 Å². The number of thiazole rings is 1. The number of ether oxygens (including phenoxy) is 2. The lowest BCUT2D eigenvalue weighted by atomic mass is 9.96. The molecule has 0 unspecified atom stereocenters. The highest BCUT2D eigenvalue weighted by molar-refractivity contribution is 7.11. The number of rotatable bonds is 6. The minimum Gasteiger partial charge on any atom is -0.493 e. The van der Waals surface area contributed by atoms with E-state index < -0.39 is 0 Å². The lowest BCUT2D eigenvalue weighted by molar-refractivity contribution is -0.130. The first-order chi connectivity index (χ1) is 14.0. The van der Waals surface area contributed by atoms with Gasteiger partial charge in [-0.25, -0.2) is 4.98 Å². The van der Waals surface area contributed by atoms with Gasteiger partial charge >= 0.3 is 0 Å². The Hall–Kier alpha value is -2.28. The number of nitrogens with zero attached hydrogens (tertiary/aromatic N) is 3. The maximum absolute atomic E-state index is 12.7. The molecule has 2 heterocycles. The molecule has 7 heteroatoms. The molecule has 1 saturated heterocycles. The Kier molecular flexibility index (Phi) is 5.94. The molecule has 1 amide bonds. The standard InChI is InChI=1S/C22H29N3O3S/c1-15-21(29-16(2)23-15)14-22(26)25-11-9-24(10-12-25)17-7-8-19(27-3)20(13-17)28-18-5-4-6-18/h7-8,13,18H,4-6,9-12,14H2,1-3H3. The van der Waals surface area contributed by atoms with Crippen molar-refractivity contribution in [3.8, 4) is 11.5 Å². The second kappa shape index (κ2) is 8.61. The van der Waals surface area contributed by atoms with Crippen LogP contribution in [0.15, 0.2) is 18.2 Å². The average Bonchev–Trinajstić information content (AvgIpc) is 3.01. The minimum atomic E-state index is 0.195. The summed E-state index contributed by atoms with van der Waals surface area (Å²) in [6, 6.07) is 6.14. The zero-order valence-corrected chi connectivity index (χ0v) is 18.3. The van der Waals surface area contributed by atoms with Crippen molar-refractivity contribution in [2.24, 2.45) is 0 Å². The van der Waals surface area contributed by atoms with Gasteiger partial charge in [-0.3, -0.25) is 4.79 Å². The fourth-order valence-corrected chi connectivity index (χ4v) is 4.75. The van der Waals surface area contributed by atoms with E-state index in [-0.39, 0.29) is 5.91 Å². The van der Waals surface area contributed by atoms with Crippen LogP contribution in [0.1, 0.15) is 34.8 Å². The zero-order valence-electron chi connectivity index (χ0n) is 17.4. The van der Waals surface area contributed by atoms with Gasteiger partial charge in [-0.05, 0) is 45.2 Å². The number of benzene rings is 1. The summed E-state index contributed by atoms with van der Waals surface area (Å²) in [5.74, 6) is 1.80. The number of hydrogen-bond acceptors (Lipinski definition) is 6. The van der Waals surface area contributed by atoms with E-state index >= 15 is 0 Å². The summed E-state index contributed by atoms with van der Waals surface area (Å²) in [5, 5.41) is 1.02. The molecule has 2 fully saturated rings. The molecule has 2 aliphatic rings. The van der Waals surface area contributed by atoms with Crippen LogP contribution in [0.2, 0.25) is 0 Å². The molecule has 1 aliphatic heterocycles. The van der Waals surface area contributed by atoms with E-state index in [1.807, 2.05) is 24.8 Å². The molecule has 29 heavy (non-hydrogen) atoms. The predicted molar refractivity (Wildman–Crippen MR) is 115 cm³/mol. The Bertz CT molecular complexity index is 870. The van der Waals surface area contributed by atoms with E-state index in [1.54, 1.807) is 18.4 Å². The maximum Gasteiger partial charge on any atom is 0.228 e. The van der Waals surface area contributed by atoms with Crippen LogP contribution >= 0.6 is 11.3 Å². The van der Waals surface area contributed by atoms with Gasteiger partial charge in [0.25, 0.3) is 0 Å². The van der Waals surface area contributed by atoms with Crippen LogP contribution in [-0.2, 0) is 11.2 Å². The van der Waals surface area contributed by atoms with Crippen LogP contribution in [0.4, 0.5) is 5.69 Å². The van der Waals surface area contributed by atoms with E-state index in [0.717, 1.165) is 71.8 Å². The van der Waals surface area contributed by atoms with E-state index in [1.165, 1.54) is 6.42 Å². The van der Waals surface area contributed by atoms with Crippen molar-refractivity contribution in [1.29, 1.82) is 0 Å². The Morgan fingerprint density at radius 1 is 1.17 bits per heavy atom. The molecule has 0 bridgehead atoms. The van der Waals surface area contributed by atoms with Crippen molar-refractivity contribution in [2.45, 2.75) is 45.6 Å². The molecule has 1 aromatic heterocycles. The van der Waals surface area contributed by atoms with Gasteiger partial charge in [0, 0.05) is 42.8 Å². The van der Waals surface area contributed by atoms with Crippen molar-refractivity contribution < 1.29 is 14.3 Å². The molecular formula is C22H29N3O3S. The Morgan fingerprint density at radius 3 is 2.52 bits per heavy atom. The van der Waals surface area contributed by atoms with Crippen LogP contribution in [0, 0.1) is 13.8 Å². The second-order valence-electron chi connectivity index (χ2n) is 7.79. The fraction of sp³-hybridized carbons (Fsp3) is 0.545. The summed E-state index contributed by atoms with van der Waals surface area (Å²) in [4.78, 5) is 22.5. The van der Waals surface area contributed by atoms with Crippen LogP contribution in [0.3, 0.4) is 0 Å². The summed E-state index contributed by atoms with van der Waals surface area (Å²) in [7, 11) is 1.68. The monoisotopic (exact) mass is 415 g/mol. The number of carbonyl (C=O) groups excluding carboxylic acids is 1. The molecule has 0 radical (unpaired) electrons. The van der Waals surface area contributed by atoms with Gasteiger partial charge in [-0.2, -0.15) is 0 Å². The van der Waals surface area contributed by atoms with Crippen molar-refractivity contribution in [3.63, 3.8) is 0 Å². The number of methoxy groups -OCH3 is 1. The number of carbonyl (C=O) groups is 1. The van der Waals surface area contributed by atoms with E-state index in [9.17, 15) is 4.79 Å². The third-order valence-electron chi connectivity index (χ3n) is 5.80. The van der Waals surface area contributed by atoms with Crippen molar-refractivity contribution in [2.75, 3.05) is 38.2 Å². The minimum absolute atomic E-state index is 0.195. The lowest BCUT2D eigenvalue weighted by Gasteiger charge is -2.36. The van der Waals surface area contributed by atoms with E-state index in [2.05, 4.69) is 22.0 Å². The summed E-state index contributed by atoms with van der Waals surface area (Å²) in [6.07, 6.45) is 4.25. The van der Waals surface area contributed by atoms with Gasteiger partial charge in [0.1, 0.15) is 0 Å². The van der Waals surface area contributed by atoms with Gasteiger partial charge < -0.3 is 19.3 Å². The van der Waals surface area contributed by atoms with Gasteiger partial charge in [-0.1, -0.05) is 0 Å². The van der Waals surface area contributed by atoms with Gasteiger partial charge in [0.2, 0.25) is 5.91 Å². The summed E-state index contributed by atoms with van der Waals surface area (Å²) < 4.78 is 11.6. The van der Waals surface area contributed by atoms with Gasteiger partial charge in [0.05, 0.1) is 30.3 Å². The zero-order chi connectivity index (χ0) is 20.4. The highest BCUT2D eigenvalue weighted by Crippen LogP contribution is 2.35. The quantitative estimate of drug-likeness (QED) is 0.722. The predicted octanol–water partition coefficient (Wildman–Crippen LogP) is 3.59. The molecule has 0 spiro atoms. The fourth-order valence-electron chi connectivity index (χ4n) is 3.82. The topological polar surface area (TPSA) is 54.9 Å². The van der Waals surface area contributed by atoms with Gasteiger partial charge in [-0.15, -0.1) is 11.3 Å². The smallest absolute Gasteiger partial charge is 0.228 e. The maximum atomic E-state index is 12.7. The molecule has 1 aromatic carbocycles. The third-order valence-corrected chi connectivity index (χ3v) is 6.87. The Morgan fingerprint density at radius 2 is 1.93 bits per heavy atom. The number of amides is 1. The first-order valence-corrected chi connectivity index (χ1v) is 11.2. The highest BCUT2D eigenvalue weighted by atomic mass is 32.1. The van der Waals surface area contributed by atoms with Gasteiger partial charge in [0.15, 0.2) is 11.5 Å². The van der Waals surface area contributed by atoms with E-state index in [0.29, 0.717) is 12.5 Å². The number of piperazine rings is 1. The SMILES string of the molecule is COc1ccc(N2CCN(C(=O)Cc3sc(C)nc3C)CC2)cc1OC1CCC1. The Balaban J connectivity index is 1.37. The molecule has 156 valence electrons. The number of aromatic nitrogens is 1. The van der Waals surface area contributed by atoms with Crippen molar-refractivity contribution in [3.05, 3.63) is 33.8 Å². The Labute approximate surface area is 176 Å². The third kappa shape index (κ3) is 4.50. The number of anilines is 1. The lowest BCUT2D eigenvalue weighted by Crippen LogP contribution is -2.49. The average molecular weight is 416 g/mol. The summed E-state index contributed by atoms with van der Waals surface area (Å²) in [6.45, 7) is 7.09. The van der Waals surface area contributed by atoms with E-state index in [4.69, 9.17) is 9.47 Å². The summed E-state index contributed by atoms with van der Waals surface area (Å²) >= 11 is 1.63. The first kappa shape index (κ1) is 20.0. The molecule has 2 aromatic rings.